The Balaban J connectivity index is 1.74. The van der Waals surface area contributed by atoms with E-state index in [2.05, 4.69) is 15.3 Å². The molecule has 0 unspecified atom stereocenters. The quantitative estimate of drug-likeness (QED) is 0.878. The molecule has 1 aromatic rings. The van der Waals surface area contributed by atoms with Gasteiger partial charge < -0.3 is 19.5 Å². The van der Waals surface area contributed by atoms with Gasteiger partial charge >= 0.3 is 0 Å². The van der Waals surface area contributed by atoms with Crippen LogP contribution in [0.1, 0.15) is 42.4 Å². The first-order valence-corrected chi connectivity index (χ1v) is 8.48. The fourth-order valence-corrected chi connectivity index (χ4v) is 3.80. The molecule has 1 aliphatic carbocycles. The van der Waals surface area contributed by atoms with Crippen molar-refractivity contribution in [2.75, 3.05) is 26.9 Å². The van der Waals surface area contributed by atoms with Gasteiger partial charge in [0.1, 0.15) is 11.4 Å². The van der Waals surface area contributed by atoms with Crippen molar-refractivity contribution in [3.8, 4) is 5.88 Å². The van der Waals surface area contributed by atoms with Crippen LogP contribution >= 0.6 is 0 Å². The average molecular weight is 335 g/mol. The Labute approximate surface area is 142 Å². The van der Waals surface area contributed by atoms with Gasteiger partial charge in [0.25, 0.3) is 5.91 Å². The Morgan fingerprint density at radius 2 is 2.21 bits per heavy atom. The van der Waals surface area contributed by atoms with Crippen molar-refractivity contribution in [3.63, 3.8) is 0 Å². The van der Waals surface area contributed by atoms with Gasteiger partial charge in [0, 0.05) is 37.5 Å². The maximum Gasteiger partial charge on any atom is 0.258 e. The first-order valence-electron chi connectivity index (χ1n) is 8.48. The van der Waals surface area contributed by atoms with E-state index < -0.39 is 0 Å². The average Bonchev–Trinajstić information content (AvgIpc) is 2.61. The molecule has 7 heteroatoms. The van der Waals surface area contributed by atoms with E-state index in [4.69, 9.17) is 14.2 Å². The maximum absolute atomic E-state index is 12.7. The van der Waals surface area contributed by atoms with Crippen LogP contribution in [0.15, 0.2) is 6.20 Å². The summed E-state index contributed by atoms with van der Waals surface area (Å²) < 4.78 is 16.6. The maximum atomic E-state index is 12.7. The lowest BCUT2D eigenvalue weighted by molar-refractivity contribution is -0.170. The number of carbonyl (C=O) groups is 1. The fourth-order valence-electron chi connectivity index (χ4n) is 3.80. The number of hydrogen-bond acceptors (Lipinski definition) is 6. The molecular weight excluding hydrogens is 310 g/mol. The Morgan fingerprint density at radius 3 is 2.88 bits per heavy atom. The molecule has 0 aromatic carbocycles. The summed E-state index contributed by atoms with van der Waals surface area (Å²) in [5.74, 6) is 0.684. The smallest absolute Gasteiger partial charge is 0.258 e. The molecule has 1 N–H and O–H groups in total. The molecule has 3 rings (SSSR count). The number of carbonyl (C=O) groups excluding carboxylic acids is 1. The number of rotatable bonds is 5. The molecule has 1 saturated carbocycles. The Morgan fingerprint density at radius 1 is 1.46 bits per heavy atom. The van der Waals surface area contributed by atoms with E-state index >= 15 is 0 Å². The van der Waals surface area contributed by atoms with Crippen LogP contribution in [0.5, 0.6) is 5.88 Å². The minimum atomic E-state index is -0.197. The highest BCUT2D eigenvalue weighted by Crippen LogP contribution is 2.50. The van der Waals surface area contributed by atoms with Crippen LogP contribution in [0.4, 0.5) is 0 Å². The number of aromatic nitrogens is 2. The van der Waals surface area contributed by atoms with E-state index in [1.807, 2.05) is 6.92 Å². The molecule has 1 saturated heterocycles. The van der Waals surface area contributed by atoms with Crippen LogP contribution in [0.3, 0.4) is 0 Å². The van der Waals surface area contributed by atoms with E-state index in [0.29, 0.717) is 37.1 Å². The third kappa shape index (κ3) is 2.98. The molecule has 2 fully saturated rings. The third-order valence-electron chi connectivity index (χ3n) is 5.19. The number of aryl methyl sites for hydroxylation is 1. The third-order valence-corrected chi connectivity index (χ3v) is 5.19. The summed E-state index contributed by atoms with van der Waals surface area (Å²) in [4.78, 5) is 21.0. The second-order valence-corrected chi connectivity index (χ2v) is 6.39. The first-order chi connectivity index (χ1) is 11.6. The molecule has 2 atom stereocenters. The SMILES string of the molecule is CCO[C@@H]1C[C@@H](NC(=O)c2cnc(C)nc2OC)C12CCOCC2. The van der Waals surface area contributed by atoms with Gasteiger partial charge in [-0.15, -0.1) is 0 Å². The number of ether oxygens (including phenoxy) is 3. The molecular formula is C17H25N3O4. The van der Waals surface area contributed by atoms with Crippen molar-refractivity contribution in [2.24, 2.45) is 5.41 Å². The second-order valence-electron chi connectivity index (χ2n) is 6.39. The van der Waals surface area contributed by atoms with Gasteiger partial charge in [0.15, 0.2) is 0 Å². The van der Waals surface area contributed by atoms with E-state index in [9.17, 15) is 4.79 Å². The largest absolute Gasteiger partial charge is 0.480 e. The summed E-state index contributed by atoms with van der Waals surface area (Å²) in [7, 11) is 1.51. The lowest BCUT2D eigenvalue weighted by Crippen LogP contribution is -2.66. The molecule has 2 heterocycles. The zero-order valence-corrected chi connectivity index (χ0v) is 14.5. The van der Waals surface area contributed by atoms with Gasteiger partial charge in [-0.25, -0.2) is 4.98 Å². The van der Waals surface area contributed by atoms with Crippen LogP contribution < -0.4 is 10.1 Å². The lowest BCUT2D eigenvalue weighted by atomic mass is 9.57. The van der Waals surface area contributed by atoms with E-state index in [-0.39, 0.29) is 23.5 Å². The van der Waals surface area contributed by atoms with Crippen molar-refractivity contribution in [2.45, 2.75) is 45.3 Å². The molecule has 0 bridgehead atoms. The highest BCUT2D eigenvalue weighted by Gasteiger charge is 2.56. The monoisotopic (exact) mass is 335 g/mol. The summed E-state index contributed by atoms with van der Waals surface area (Å²) in [6.07, 6.45) is 4.35. The minimum absolute atomic E-state index is 0.0251. The topological polar surface area (TPSA) is 82.6 Å². The summed E-state index contributed by atoms with van der Waals surface area (Å²) in [5.41, 5.74) is 0.341. The van der Waals surface area contributed by atoms with E-state index in [0.717, 1.165) is 19.3 Å². The highest BCUT2D eigenvalue weighted by molar-refractivity contribution is 5.96. The number of amides is 1. The zero-order valence-electron chi connectivity index (χ0n) is 14.5. The van der Waals surface area contributed by atoms with E-state index in [1.165, 1.54) is 13.3 Å². The minimum Gasteiger partial charge on any atom is -0.480 e. The van der Waals surface area contributed by atoms with Gasteiger partial charge in [0.05, 0.1) is 13.2 Å². The molecule has 1 spiro atoms. The van der Waals surface area contributed by atoms with Gasteiger partial charge in [0.2, 0.25) is 5.88 Å². The zero-order chi connectivity index (χ0) is 17.2. The predicted molar refractivity (Wildman–Crippen MR) is 87.1 cm³/mol. The van der Waals surface area contributed by atoms with Crippen LogP contribution in [0.2, 0.25) is 0 Å². The predicted octanol–water partition coefficient (Wildman–Crippen LogP) is 1.50. The van der Waals surface area contributed by atoms with Crippen molar-refractivity contribution < 1.29 is 19.0 Å². The number of hydrogen-bond donors (Lipinski definition) is 1. The molecule has 1 amide bonds. The molecule has 1 aliphatic heterocycles. The second kappa shape index (κ2) is 7.03. The molecule has 132 valence electrons. The van der Waals surface area contributed by atoms with Crippen LogP contribution in [-0.2, 0) is 9.47 Å². The van der Waals surface area contributed by atoms with Gasteiger partial charge in [-0.2, -0.15) is 4.98 Å². The van der Waals surface area contributed by atoms with E-state index in [1.54, 1.807) is 6.92 Å². The Bertz CT molecular complexity index is 601. The standard InChI is InChI=1S/C17H25N3O4/c1-4-24-14-9-13(17(14)5-7-23-8-6-17)20-15(21)12-10-18-11(2)19-16(12)22-3/h10,13-14H,4-9H2,1-3H3,(H,20,21)/t13-,14-/m1/s1. The van der Waals surface area contributed by atoms with Crippen LogP contribution in [0, 0.1) is 12.3 Å². The van der Waals surface area contributed by atoms with Gasteiger partial charge in [-0.1, -0.05) is 0 Å². The Kier molecular flexibility index (Phi) is 5.01. The highest BCUT2D eigenvalue weighted by atomic mass is 16.5. The number of nitrogens with one attached hydrogen (secondary N) is 1. The van der Waals surface area contributed by atoms with Crippen molar-refractivity contribution in [1.82, 2.24) is 15.3 Å². The normalized spacial score (nSPS) is 25.1. The van der Waals surface area contributed by atoms with Crippen molar-refractivity contribution in [3.05, 3.63) is 17.6 Å². The van der Waals surface area contributed by atoms with Crippen LogP contribution in [0.25, 0.3) is 0 Å². The summed E-state index contributed by atoms with van der Waals surface area (Å²) in [6.45, 7) is 5.89. The summed E-state index contributed by atoms with van der Waals surface area (Å²) >= 11 is 0. The van der Waals surface area contributed by atoms with Crippen molar-refractivity contribution >= 4 is 5.91 Å². The van der Waals surface area contributed by atoms with Gasteiger partial charge in [-0.3, -0.25) is 4.79 Å². The number of methoxy groups -OCH3 is 1. The van der Waals surface area contributed by atoms with Crippen LogP contribution in [-0.4, -0.2) is 55.0 Å². The molecule has 1 aromatic heterocycles. The Hall–Kier alpha value is -1.73. The molecule has 0 radical (unpaired) electrons. The molecule has 2 aliphatic rings. The molecule has 7 nitrogen and oxygen atoms in total. The summed E-state index contributed by atoms with van der Waals surface area (Å²) in [6, 6.07) is 0.0801. The van der Waals surface area contributed by atoms with Gasteiger partial charge in [-0.05, 0) is 33.1 Å². The fraction of sp³-hybridized carbons (Fsp3) is 0.706. The number of nitrogens with zero attached hydrogens (tertiary/aromatic N) is 2. The molecule has 24 heavy (non-hydrogen) atoms. The van der Waals surface area contributed by atoms with Crippen molar-refractivity contribution in [1.29, 1.82) is 0 Å². The lowest BCUT2D eigenvalue weighted by Gasteiger charge is -2.57. The first kappa shape index (κ1) is 17.1. The summed E-state index contributed by atoms with van der Waals surface area (Å²) in [5, 5.41) is 3.14.